The first-order valence-corrected chi connectivity index (χ1v) is 16.7. The van der Waals surface area contributed by atoms with E-state index in [1.807, 2.05) is 19.9 Å². The maximum atomic E-state index is 14.5. The highest BCUT2D eigenvalue weighted by Gasteiger charge is 2.75. The molecule has 0 aromatic heterocycles. The summed E-state index contributed by atoms with van der Waals surface area (Å²) in [6.45, 7) is 6.34. The molecule has 1 saturated heterocycles. The van der Waals surface area contributed by atoms with Crippen molar-refractivity contribution in [3.05, 3.63) is 23.8 Å². The molecule has 44 heavy (non-hydrogen) atoms. The molecule has 1 aliphatic heterocycles. The molecule has 5 atom stereocenters. The van der Waals surface area contributed by atoms with Crippen molar-refractivity contribution in [1.82, 2.24) is 4.90 Å². The molecule has 1 heterocycles. The van der Waals surface area contributed by atoms with Crippen LogP contribution in [0.3, 0.4) is 0 Å². The predicted molar refractivity (Wildman–Crippen MR) is 153 cm³/mol. The second kappa shape index (κ2) is 11.5. The Balaban J connectivity index is 1.51. The summed E-state index contributed by atoms with van der Waals surface area (Å²) < 4.78 is 77.8. The lowest BCUT2D eigenvalue weighted by Gasteiger charge is -2.38. The Morgan fingerprint density at radius 1 is 1.14 bits per heavy atom. The van der Waals surface area contributed by atoms with Crippen LogP contribution in [-0.2, 0) is 30.3 Å². The normalized spacial score (nSPS) is 31.8. The molecule has 1 aromatic carbocycles. The van der Waals surface area contributed by atoms with Gasteiger partial charge < -0.3 is 20.5 Å². The van der Waals surface area contributed by atoms with Crippen molar-refractivity contribution in [2.24, 2.45) is 22.5 Å². The van der Waals surface area contributed by atoms with Gasteiger partial charge in [-0.3, -0.25) is 14.5 Å². The van der Waals surface area contributed by atoms with E-state index in [0.29, 0.717) is 39.0 Å². The molecule has 4 aliphatic rings. The Bertz CT molecular complexity index is 1450. The lowest BCUT2D eigenvalue weighted by molar-refractivity contribution is -0.164. The van der Waals surface area contributed by atoms with Gasteiger partial charge in [0, 0.05) is 43.8 Å². The van der Waals surface area contributed by atoms with Gasteiger partial charge in [-0.2, -0.15) is 18.4 Å². The number of piperazine rings is 1. The van der Waals surface area contributed by atoms with Crippen LogP contribution in [0.4, 0.5) is 18.9 Å². The molecule has 14 heteroatoms. The van der Waals surface area contributed by atoms with Gasteiger partial charge in [0.05, 0.1) is 34.0 Å². The van der Waals surface area contributed by atoms with Gasteiger partial charge in [0.2, 0.25) is 5.91 Å². The Hall–Kier alpha value is -2.89. The summed E-state index contributed by atoms with van der Waals surface area (Å²) in [7, 11) is -4.75. The quantitative estimate of drug-likeness (QED) is 0.412. The van der Waals surface area contributed by atoms with Gasteiger partial charge in [-0.1, -0.05) is 12.8 Å². The van der Waals surface area contributed by atoms with Gasteiger partial charge in [0.25, 0.3) is 0 Å². The van der Waals surface area contributed by atoms with Gasteiger partial charge in [-0.05, 0) is 64.2 Å². The minimum Gasteiger partial charge on any atom is -0.481 e. The van der Waals surface area contributed by atoms with Crippen LogP contribution in [0.15, 0.2) is 23.1 Å². The third-order valence-corrected chi connectivity index (χ3v) is 12.5. The molecule has 3 aliphatic carbocycles. The molecule has 5 rings (SSSR count). The van der Waals surface area contributed by atoms with Gasteiger partial charge in [0.15, 0.2) is 9.84 Å². The highest BCUT2D eigenvalue weighted by Crippen LogP contribution is 2.67. The number of carbonyl (C=O) groups excluding carboxylic acids is 1. The standard InChI is InChI=1S/C30H39F3N4O6S/c1-18(2)36-9-11-37(12-10-36)19-7-8-23(22(13-19)30(31,32)33)44(41,42)21-14-25(43-20-5-3-4-6-20)29(15-21,27(39)40)24-16-28(24,17-34)26(35)38/h7-8,13,18,20-21,24-25H,3-6,9-12,14-16H2,1-2H3,(H2,35,38)(H,39,40)/t21-,24?,25+,28?,29+/m0/s1. The summed E-state index contributed by atoms with van der Waals surface area (Å²) >= 11 is 0. The van der Waals surface area contributed by atoms with E-state index in [2.05, 4.69) is 4.90 Å². The van der Waals surface area contributed by atoms with Crippen LogP contribution in [0.25, 0.3) is 0 Å². The number of sulfone groups is 1. The fraction of sp³-hybridized carbons (Fsp3) is 0.700. The summed E-state index contributed by atoms with van der Waals surface area (Å²) in [5.41, 5.74) is 0.650. The Labute approximate surface area is 255 Å². The van der Waals surface area contributed by atoms with Crippen LogP contribution in [0.1, 0.15) is 64.4 Å². The highest BCUT2D eigenvalue weighted by atomic mass is 32.2. The number of carboxylic acids is 1. The monoisotopic (exact) mass is 640 g/mol. The molecular weight excluding hydrogens is 601 g/mol. The van der Waals surface area contributed by atoms with Crippen molar-refractivity contribution in [2.75, 3.05) is 31.1 Å². The molecule has 3 saturated carbocycles. The summed E-state index contributed by atoms with van der Waals surface area (Å²) in [5.74, 6) is -3.59. The minimum absolute atomic E-state index is 0.186. The van der Waals surface area contributed by atoms with Crippen molar-refractivity contribution in [3.8, 4) is 6.07 Å². The van der Waals surface area contributed by atoms with E-state index in [9.17, 15) is 41.5 Å². The first kappa shape index (κ1) is 32.5. The van der Waals surface area contributed by atoms with E-state index >= 15 is 0 Å². The Kier molecular flexibility index (Phi) is 8.48. The maximum Gasteiger partial charge on any atom is 0.417 e. The van der Waals surface area contributed by atoms with Gasteiger partial charge in [-0.15, -0.1) is 0 Å². The number of aliphatic carboxylic acids is 1. The highest BCUT2D eigenvalue weighted by molar-refractivity contribution is 7.92. The van der Waals surface area contributed by atoms with Crippen LogP contribution >= 0.6 is 0 Å². The van der Waals surface area contributed by atoms with Crippen molar-refractivity contribution >= 4 is 27.4 Å². The molecule has 3 N–H and O–H groups in total. The van der Waals surface area contributed by atoms with Crippen molar-refractivity contribution < 1.29 is 41.0 Å². The average Bonchev–Trinajstić information content (AvgIpc) is 3.28. The second-order valence-corrected chi connectivity index (χ2v) is 15.2. The van der Waals surface area contributed by atoms with Crippen molar-refractivity contribution in [1.29, 1.82) is 5.26 Å². The van der Waals surface area contributed by atoms with E-state index in [-0.39, 0.29) is 30.7 Å². The number of carboxylic acid groups (broad SMARTS) is 1. The number of nitriles is 1. The lowest BCUT2D eigenvalue weighted by Crippen LogP contribution is -2.49. The number of benzene rings is 1. The number of hydrogen-bond donors (Lipinski definition) is 2. The number of primary amides is 1. The third-order valence-electron chi connectivity index (χ3n) is 10.3. The molecule has 1 amide bonds. The molecule has 10 nitrogen and oxygen atoms in total. The first-order valence-electron chi connectivity index (χ1n) is 15.1. The zero-order valence-electron chi connectivity index (χ0n) is 24.8. The molecule has 0 spiro atoms. The van der Waals surface area contributed by atoms with Crippen LogP contribution in [0, 0.1) is 28.1 Å². The number of hydrogen-bond acceptors (Lipinski definition) is 8. The van der Waals surface area contributed by atoms with E-state index in [1.54, 1.807) is 4.90 Å². The number of halogens is 3. The smallest absolute Gasteiger partial charge is 0.417 e. The SMILES string of the molecule is CC(C)N1CCN(c2ccc(S(=O)(=O)[C@H]3C[C@@H](OC4CCCC4)[C@](C(=O)O)(C4CC4(C#N)C(N)=O)C3)c(C(F)(F)F)c2)CC1. The second-order valence-electron chi connectivity index (χ2n) is 13.0. The van der Waals surface area contributed by atoms with Crippen molar-refractivity contribution in [2.45, 2.75) is 93.4 Å². The molecule has 2 unspecified atom stereocenters. The number of rotatable bonds is 9. The summed E-state index contributed by atoms with van der Waals surface area (Å²) in [6.07, 6.45) is -4.83. The van der Waals surface area contributed by atoms with Crippen LogP contribution in [0.5, 0.6) is 0 Å². The molecule has 0 bridgehead atoms. The third kappa shape index (κ3) is 5.45. The number of amides is 1. The largest absolute Gasteiger partial charge is 0.481 e. The van der Waals surface area contributed by atoms with Crippen molar-refractivity contribution in [3.63, 3.8) is 0 Å². The summed E-state index contributed by atoms with van der Waals surface area (Å²) in [5, 5.41) is 18.8. The fourth-order valence-electron chi connectivity index (χ4n) is 7.65. The molecule has 4 fully saturated rings. The van der Waals surface area contributed by atoms with Gasteiger partial charge >= 0.3 is 12.1 Å². The van der Waals surface area contributed by atoms with E-state index in [4.69, 9.17) is 10.5 Å². The number of carbonyl (C=O) groups is 2. The van der Waals surface area contributed by atoms with E-state index < -0.39 is 72.9 Å². The predicted octanol–water partition coefficient (Wildman–Crippen LogP) is 3.59. The first-order chi connectivity index (χ1) is 20.6. The fourth-order valence-corrected chi connectivity index (χ4v) is 9.67. The van der Waals surface area contributed by atoms with E-state index in [0.717, 1.165) is 25.0 Å². The molecule has 242 valence electrons. The lowest BCUT2D eigenvalue weighted by atomic mass is 9.75. The number of ether oxygens (including phenoxy) is 1. The zero-order valence-corrected chi connectivity index (χ0v) is 25.7. The van der Waals surface area contributed by atoms with Gasteiger partial charge in [-0.25, -0.2) is 8.42 Å². The summed E-state index contributed by atoms with van der Waals surface area (Å²) in [4.78, 5) is 28.4. The average molecular weight is 641 g/mol. The Morgan fingerprint density at radius 2 is 1.77 bits per heavy atom. The molecule has 0 radical (unpaired) electrons. The number of nitrogens with two attached hydrogens (primary N) is 1. The summed E-state index contributed by atoms with van der Waals surface area (Å²) in [6, 6.07) is 5.32. The molecular formula is C30H39F3N4O6S. The van der Waals surface area contributed by atoms with E-state index in [1.165, 1.54) is 6.07 Å². The van der Waals surface area contributed by atoms with Crippen LogP contribution < -0.4 is 10.6 Å². The number of anilines is 1. The number of alkyl halides is 3. The van der Waals surface area contributed by atoms with Crippen LogP contribution in [-0.4, -0.2) is 80.0 Å². The van der Waals surface area contributed by atoms with Gasteiger partial charge in [0.1, 0.15) is 10.8 Å². The van der Waals surface area contributed by atoms with Crippen LogP contribution in [0.2, 0.25) is 0 Å². The Morgan fingerprint density at radius 3 is 2.27 bits per heavy atom. The zero-order chi connectivity index (χ0) is 32.2. The molecule has 1 aromatic rings. The topological polar surface area (TPSA) is 154 Å². The number of nitrogens with zero attached hydrogens (tertiary/aromatic N) is 3. The minimum atomic E-state index is -5.00. The maximum absolute atomic E-state index is 14.5.